The quantitative estimate of drug-likeness (QED) is 0.255. The standard InChI is InChI=1S/C26H26FN9O/c27-20-19-17(13-30-21(20)15-10-16(12-28-11-15)31-26(37)14-4-5-14)34-35-23(19)25-32-22-18(6-7-29-24(22)33-25)36-8-2-1-3-9-36/h6-7,10-14,26,31,37H,1-5,8-9H2,(H,34,35)(H,29,32,33). The van der Waals surface area contributed by atoms with E-state index in [0.29, 0.717) is 39.3 Å². The molecule has 2 aliphatic rings. The highest BCUT2D eigenvalue weighted by Gasteiger charge is 2.30. The Morgan fingerprint density at radius 2 is 1.95 bits per heavy atom. The van der Waals surface area contributed by atoms with Crippen molar-refractivity contribution < 1.29 is 9.50 Å². The Hall–Kier alpha value is -4.12. The number of aromatic amines is 2. The van der Waals surface area contributed by atoms with Crippen LogP contribution in [0, 0.1) is 11.7 Å². The number of aliphatic hydroxyl groups is 1. The van der Waals surface area contributed by atoms with E-state index in [0.717, 1.165) is 50.0 Å². The summed E-state index contributed by atoms with van der Waals surface area (Å²) in [4.78, 5) is 23.4. The number of fused-ring (bicyclic) bond motifs is 2. The van der Waals surface area contributed by atoms with Crippen LogP contribution in [0.3, 0.4) is 0 Å². The second kappa shape index (κ2) is 8.77. The van der Waals surface area contributed by atoms with Gasteiger partial charge in [-0.3, -0.25) is 15.1 Å². The van der Waals surface area contributed by atoms with Crippen molar-refractivity contribution in [2.45, 2.75) is 38.3 Å². The smallest absolute Gasteiger partial charge is 0.161 e. The Balaban J connectivity index is 1.28. The van der Waals surface area contributed by atoms with Crippen LogP contribution in [-0.4, -0.2) is 59.5 Å². The molecule has 0 spiro atoms. The number of hydrogen-bond donors (Lipinski definition) is 4. The minimum atomic E-state index is -0.644. The van der Waals surface area contributed by atoms with Crippen LogP contribution < -0.4 is 10.2 Å². The average molecular weight is 500 g/mol. The van der Waals surface area contributed by atoms with Crippen molar-refractivity contribution in [2.24, 2.45) is 5.92 Å². The van der Waals surface area contributed by atoms with Gasteiger partial charge >= 0.3 is 0 Å². The number of anilines is 2. The zero-order valence-electron chi connectivity index (χ0n) is 20.1. The highest BCUT2D eigenvalue weighted by Crippen LogP contribution is 2.36. The number of nitrogens with zero attached hydrogens (tertiary/aromatic N) is 6. The number of nitrogens with one attached hydrogen (secondary N) is 3. The zero-order valence-corrected chi connectivity index (χ0v) is 20.1. The summed E-state index contributed by atoms with van der Waals surface area (Å²) in [6.45, 7) is 1.96. The minimum absolute atomic E-state index is 0.149. The Bertz CT molecular complexity index is 1600. The predicted molar refractivity (Wildman–Crippen MR) is 138 cm³/mol. The van der Waals surface area contributed by atoms with Crippen molar-refractivity contribution >= 4 is 33.4 Å². The highest BCUT2D eigenvalue weighted by atomic mass is 19.1. The maximum Gasteiger partial charge on any atom is 0.161 e. The summed E-state index contributed by atoms with van der Waals surface area (Å²) in [7, 11) is 0. The van der Waals surface area contributed by atoms with Gasteiger partial charge < -0.3 is 20.3 Å². The van der Waals surface area contributed by atoms with Crippen LogP contribution >= 0.6 is 0 Å². The Kier molecular flexibility index (Phi) is 5.24. The van der Waals surface area contributed by atoms with Crippen molar-refractivity contribution in [3.05, 3.63) is 42.7 Å². The van der Waals surface area contributed by atoms with Gasteiger partial charge in [-0.25, -0.2) is 14.4 Å². The van der Waals surface area contributed by atoms with E-state index in [2.05, 4.69) is 40.3 Å². The molecule has 37 heavy (non-hydrogen) atoms. The lowest BCUT2D eigenvalue weighted by Gasteiger charge is -2.28. The zero-order chi connectivity index (χ0) is 24.9. The third-order valence-corrected chi connectivity index (χ3v) is 7.22. The number of imidazole rings is 1. The minimum Gasteiger partial charge on any atom is -0.374 e. The highest BCUT2D eigenvalue weighted by molar-refractivity contribution is 5.96. The van der Waals surface area contributed by atoms with Gasteiger partial charge in [0.25, 0.3) is 0 Å². The molecule has 0 amide bonds. The SMILES string of the molecule is OC(Nc1cncc(-c2ncc3[nH]nc(-c4nc5c(N6CCCCC6)ccnc5[nH]4)c3c2F)c1)C1CC1. The third-order valence-electron chi connectivity index (χ3n) is 7.22. The van der Waals surface area contributed by atoms with E-state index < -0.39 is 12.0 Å². The summed E-state index contributed by atoms with van der Waals surface area (Å²) in [5.74, 6) is 0.167. The van der Waals surface area contributed by atoms with Crippen LogP contribution in [0.2, 0.25) is 0 Å². The molecular weight excluding hydrogens is 473 g/mol. The summed E-state index contributed by atoms with van der Waals surface area (Å²) >= 11 is 0. The van der Waals surface area contributed by atoms with Crippen LogP contribution in [0.25, 0.3) is 44.8 Å². The third kappa shape index (κ3) is 3.95. The van der Waals surface area contributed by atoms with Crippen molar-refractivity contribution in [3.63, 3.8) is 0 Å². The molecule has 5 aromatic rings. The number of piperidine rings is 1. The number of rotatable bonds is 6. The van der Waals surface area contributed by atoms with Crippen LogP contribution in [0.15, 0.2) is 36.9 Å². The first-order valence-corrected chi connectivity index (χ1v) is 12.7. The molecule has 1 unspecified atom stereocenters. The fourth-order valence-corrected chi connectivity index (χ4v) is 5.10. The molecule has 1 saturated heterocycles. The van der Waals surface area contributed by atoms with E-state index in [-0.39, 0.29) is 11.6 Å². The van der Waals surface area contributed by atoms with Gasteiger partial charge in [-0.15, -0.1) is 0 Å². The van der Waals surface area contributed by atoms with E-state index >= 15 is 4.39 Å². The predicted octanol–water partition coefficient (Wildman–Crippen LogP) is 4.23. The molecule has 6 heterocycles. The van der Waals surface area contributed by atoms with Crippen LogP contribution in [0.5, 0.6) is 0 Å². The molecule has 0 aromatic carbocycles. The fraction of sp³-hybridized carbons (Fsp3) is 0.346. The Labute approximate surface area is 211 Å². The molecule has 1 atom stereocenters. The first-order chi connectivity index (χ1) is 18.2. The van der Waals surface area contributed by atoms with E-state index in [1.165, 1.54) is 6.42 Å². The summed E-state index contributed by atoms with van der Waals surface area (Å²) in [6.07, 6.45) is 11.4. The molecule has 1 aliphatic carbocycles. The first kappa shape index (κ1) is 22.1. The van der Waals surface area contributed by atoms with Gasteiger partial charge in [0.2, 0.25) is 0 Å². The summed E-state index contributed by atoms with van der Waals surface area (Å²) in [5.41, 5.74) is 4.51. The number of halogens is 1. The maximum atomic E-state index is 16.0. The van der Waals surface area contributed by atoms with Gasteiger partial charge in [0.05, 0.1) is 34.7 Å². The molecule has 4 N–H and O–H groups in total. The second-order valence-electron chi connectivity index (χ2n) is 9.83. The number of aliphatic hydroxyl groups excluding tert-OH is 1. The normalized spacial score (nSPS) is 17.0. The van der Waals surface area contributed by atoms with E-state index in [4.69, 9.17) is 4.98 Å². The van der Waals surface area contributed by atoms with Crippen molar-refractivity contribution in [3.8, 4) is 22.8 Å². The van der Waals surface area contributed by atoms with Gasteiger partial charge in [-0.2, -0.15) is 5.10 Å². The topological polar surface area (TPSA) is 132 Å². The molecule has 10 nitrogen and oxygen atoms in total. The Morgan fingerprint density at radius 1 is 1.08 bits per heavy atom. The number of H-pyrrole nitrogens is 2. The van der Waals surface area contributed by atoms with Gasteiger partial charge in [0.1, 0.15) is 23.1 Å². The monoisotopic (exact) mass is 499 g/mol. The molecule has 188 valence electrons. The van der Waals surface area contributed by atoms with Crippen LogP contribution in [0.4, 0.5) is 15.8 Å². The van der Waals surface area contributed by atoms with Gasteiger partial charge in [0.15, 0.2) is 17.3 Å². The molecule has 5 aromatic heterocycles. The van der Waals surface area contributed by atoms with E-state index in [1.807, 2.05) is 6.07 Å². The molecule has 0 bridgehead atoms. The molecular formula is C26H26FN9O. The van der Waals surface area contributed by atoms with Crippen molar-refractivity contribution in [1.29, 1.82) is 0 Å². The van der Waals surface area contributed by atoms with E-state index in [1.54, 1.807) is 30.9 Å². The number of aromatic nitrogens is 7. The fourth-order valence-electron chi connectivity index (χ4n) is 5.10. The molecule has 0 radical (unpaired) electrons. The number of pyridine rings is 3. The van der Waals surface area contributed by atoms with Gasteiger partial charge in [0, 0.05) is 37.0 Å². The summed E-state index contributed by atoms with van der Waals surface area (Å²) < 4.78 is 16.0. The Morgan fingerprint density at radius 3 is 2.78 bits per heavy atom. The summed E-state index contributed by atoms with van der Waals surface area (Å²) in [5, 5.41) is 20.8. The lowest BCUT2D eigenvalue weighted by atomic mass is 10.1. The second-order valence-corrected chi connectivity index (χ2v) is 9.83. The molecule has 2 fully saturated rings. The lowest BCUT2D eigenvalue weighted by molar-refractivity contribution is 0.180. The number of hydrogen-bond acceptors (Lipinski definition) is 8. The molecule has 1 saturated carbocycles. The van der Waals surface area contributed by atoms with Crippen molar-refractivity contribution in [2.75, 3.05) is 23.3 Å². The molecule has 7 rings (SSSR count). The first-order valence-electron chi connectivity index (χ1n) is 12.7. The average Bonchev–Trinajstić information content (AvgIpc) is 3.54. The summed E-state index contributed by atoms with van der Waals surface area (Å²) in [6, 6.07) is 3.73. The van der Waals surface area contributed by atoms with E-state index in [9.17, 15) is 5.11 Å². The van der Waals surface area contributed by atoms with Gasteiger partial charge in [-0.05, 0) is 44.2 Å². The van der Waals surface area contributed by atoms with Crippen molar-refractivity contribution in [1.82, 2.24) is 35.1 Å². The lowest BCUT2D eigenvalue weighted by Crippen LogP contribution is -2.29. The molecule has 1 aliphatic heterocycles. The van der Waals surface area contributed by atoms with Gasteiger partial charge in [-0.1, -0.05) is 0 Å². The molecule has 11 heteroatoms. The maximum absolute atomic E-state index is 16.0. The van der Waals surface area contributed by atoms with Crippen LogP contribution in [-0.2, 0) is 0 Å². The largest absolute Gasteiger partial charge is 0.374 e. The van der Waals surface area contributed by atoms with Crippen LogP contribution in [0.1, 0.15) is 32.1 Å².